The van der Waals surface area contributed by atoms with Crippen molar-refractivity contribution in [3.8, 4) is 0 Å². The summed E-state index contributed by atoms with van der Waals surface area (Å²) in [6.45, 7) is 4.95. The molecule has 3 rings (SSSR count). The highest BCUT2D eigenvalue weighted by Gasteiger charge is 2.25. The summed E-state index contributed by atoms with van der Waals surface area (Å²) in [5, 5.41) is 10.3. The van der Waals surface area contributed by atoms with Crippen molar-refractivity contribution in [3.05, 3.63) is 46.1 Å². The largest absolute Gasteiger partial charge is 0.383 e. The number of amides is 2. The molecule has 1 aromatic heterocycles. The summed E-state index contributed by atoms with van der Waals surface area (Å²) in [5.74, 6) is 1.82. The Hall–Kier alpha value is -2.32. The van der Waals surface area contributed by atoms with Crippen LogP contribution in [-0.4, -0.2) is 41.9 Å². The lowest BCUT2D eigenvalue weighted by Crippen LogP contribution is -2.31. The number of thioether (sulfide) groups is 1. The van der Waals surface area contributed by atoms with E-state index in [4.69, 9.17) is 4.74 Å². The molecular weight excluding hydrogens is 364 g/mol. The molecule has 0 fully saturated rings. The summed E-state index contributed by atoms with van der Waals surface area (Å²) in [6, 6.07) is 5.62. The molecule has 2 aromatic rings. The second kappa shape index (κ2) is 8.58. The number of rotatable bonds is 7. The Morgan fingerprint density at radius 3 is 2.81 bits per heavy atom. The van der Waals surface area contributed by atoms with Crippen molar-refractivity contribution in [2.75, 3.05) is 25.6 Å². The van der Waals surface area contributed by atoms with Gasteiger partial charge in [-0.25, -0.2) is 4.68 Å². The van der Waals surface area contributed by atoms with Crippen LogP contribution in [-0.2, 0) is 27.6 Å². The Balaban J connectivity index is 1.78. The smallest absolute Gasteiger partial charge is 0.256 e. The minimum Gasteiger partial charge on any atom is -0.383 e. The lowest BCUT2D eigenvalue weighted by Gasteiger charge is -2.12. The zero-order valence-corrected chi connectivity index (χ0v) is 16.6. The van der Waals surface area contributed by atoms with Crippen LogP contribution in [0.5, 0.6) is 0 Å². The zero-order valence-electron chi connectivity index (χ0n) is 15.8. The molecule has 0 aliphatic carbocycles. The molecule has 27 heavy (non-hydrogen) atoms. The molecule has 2 heterocycles. The average Bonchev–Trinajstić information content (AvgIpc) is 3.20. The number of benzene rings is 1. The highest BCUT2D eigenvalue weighted by molar-refractivity contribution is 7.98. The first-order valence-electron chi connectivity index (χ1n) is 8.80. The van der Waals surface area contributed by atoms with Gasteiger partial charge in [-0.3, -0.25) is 9.59 Å². The van der Waals surface area contributed by atoms with E-state index in [-0.39, 0.29) is 18.4 Å². The average molecular weight is 388 g/mol. The van der Waals surface area contributed by atoms with E-state index in [9.17, 15) is 9.59 Å². The fourth-order valence-corrected chi connectivity index (χ4v) is 3.90. The van der Waals surface area contributed by atoms with E-state index in [2.05, 4.69) is 15.7 Å². The van der Waals surface area contributed by atoms with E-state index in [1.54, 1.807) is 23.6 Å². The summed E-state index contributed by atoms with van der Waals surface area (Å²) in [7, 11) is 1.59. The minimum absolute atomic E-state index is 0.0594. The van der Waals surface area contributed by atoms with Gasteiger partial charge < -0.3 is 15.4 Å². The van der Waals surface area contributed by atoms with Crippen molar-refractivity contribution >= 4 is 29.4 Å². The van der Waals surface area contributed by atoms with Crippen LogP contribution in [0.3, 0.4) is 0 Å². The monoisotopic (exact) mass is 388 g/mol. The SMILES string of the molecule is COCCNC(=O)Cn1nc2c(c1NC(=O)c1ccc(C)c(C)c1)CSC2. The number of aryl methyl sites for hydroxylation is 2. The molecule has 7 nitrogen and oxygen atoms in total. The maximum absolute atomic E-state index is 12.7. The summed E-state index contributed by atoms with van der Waals surface area (Å²) >= 11 is 1.75. The number of anilines is 1. The summed E-state index contributed by atoms with van der Waals surface area (Å²) in [5.41, 5.74) is 4.73. The number of methoxy groups -OCH3 is 1. The number of carbonyl (C=O) groups excluding carboxylic acids is 2. The fraction of sp³-hybridized carbons (Fsp3) is 0.421. The minimum atomic E-state index is -0.196. The number of carbonyl (C=O) groups is 2. The topological polar surface area (TPSA) is 85.2 Å². The standard InChI is InChI=1S/C19H24N4O3S/c1-12-4-5-14(8-13(12)2)19(25)21-18-15-10-27-11-16(15)22-23(18)9-17(24)20-6-7-26-3/h4-5,8H,6-7,9-11H2,1-3H3,(H,20,24)(H,21,25). The number of nitrogens with zero attached hydrogens (tertiary/aromatic N) is 2. The molecule has 0 unspecified atom stereocenters. The maximum atomic E-state index is 12.7. The van der Waals surface area contributed by atoms with Crippen LogP contribution in [0.25, 0.3) is 0 Å². The first kappa shape index (κ1) is 19.4. The molecular formula is C19H24N4O3S. The van der Waals surface area contributed by atoms with Crippen molar-refractivity contribution in [1.29, 1.82) is 0 Å². The fourth-order valence-electron chi connectivity index (χ4n) is 2.87. The lowest BCUT2D eigenvalue weighted by molar-refractivity contribution is -0.122. The molecule has 0 bridgehead atoms. The number of ether oxygens (including phenoxy) is 1. The van der Waals surface area contributed by atoms with Gasteiger partial charge in [-0.2, -0.15) is 16.9 Å². The van der Waals surface area contributed by atoms with Gasteiger partial charge in [0.1, 0.15) is 12.4 Å². The Bertz CT molecular complexity index is 863. The van der Waals surface area contributed by atoms with Gasteiger partial charge in [-0.1, -0.05) is 6.07 Å². The zero-order chi connectivity index (χ0) is 19.4. The third kappa shape index (κ3) is 4.51. The highest BCUT2D eigenvalue weighted by atomic mass is 32.2. The van der Waals surface area contributed by atoms with E-state index in [1.807, 2.05) is 32.0 Å². The van der Waals surface area contributed by atoms with Gasteiger partial charge in [-0.05, 0) is 37.1 Å². The summed E-state index contributed by atoms with van der Waals surface area (Å²) in [6.07, 6.45) is 0. The molecule has 0 radical (unpaired) electrons. The Morgan fingerprint density at radius 2 is 2.07 bits per heavy atom. The van der Waals surface area contributed by atoms with E-state index in [0.717, 1.165) is 33.9 Å². The van der Waals surface area contributed by atoms with Crippen LogP contribution < -0.4 is 10.6 Å². The van der Waals surface area contributed by atoms with Gasteiger partial charge in [0.15, 0.2) is 0 Å². The predicted octanol–water partition coefficient (Wildman–Crippen LogP) is 2.26. The molecule has 2 amide bonds. The Labute approximate surface area is 162 Å². The van der Waals surface area contributed by atoms with E-state index < -0.39 is 0 Å². The maximum Gasteiger partial charge on any atom is 0.256 e. The molecule has 1 aliphatic rings. The van der Waals surface area contributed by atoms with Gasteiger partial charge in [0, 0.05) is 36.3 Å². The predicted molar refractivity (Wildman–Crippen MR) is 106 cm³/mol. The quantitative estimate of drug-likeness (QED) is 0.711. The second-order valence-electron chi connectivity index (χ2n) is 6.52. The van der Waals surface area contributed by atoms with Crippen LogP contribution in [0.4, 0.5) is 5.82 Å². The first-order chi connectivity index (χ1) is 13.0. The van der Waals surface area contributed by atoms with Gasteiger partial charge in [-0.15, -0.1) is 0 Å². The third-order valence-corrected chi connectivity index (χ3v) is 5.51. The number of hydrogen-bond acceptors (Lipinski definition) is 5. The highest BCUT2D eigenvalue weighted by Crippen LogP contribution is 2.34. The Kier molecular flexibility index (Phi) is 6.18. The van der Waals surface area contributed by atoms with Gasteiger partial charge >= 0.3 is 0 Å². The van der Waals surface area contributed by atoms with Crippen molar-refractivity contribution in [2.45, 2.75) is 31.9 Å². The summed E-state index contributed by atoms with van der Waals surface area (Å²) in [4.78, 5) is 24.9. The van der Waals surface area contributed by atoms with E-state index >= 15 is 0 Å². The Morgan fingerprint density at radius 1 is 1.26 bits per heavy atom. The van der Waals surface area contributed by atoms with Crippen LogP contribution in [0.15, 0.2) is 18.2 Å². The molecule has 0 spiro atoms. The third-order valence-electron chi connectivity index (χ3n) is 4.54. The molecule has 0 atom stereocenters. The van der Waals surface area contributed by atoms with Crippen molar-refractivity contribution in [2.24, 2.45) is 0 Å². The molecule has 2 N–H and O–H groups in total. The van der Waals surface area contributed by atoms with Crippen molar-refractivity contribution < 1.29 is 14.3 Å². The molecule has 1 aromatic carbocycles. The lowest BCUT2D eigenvalue weighted by atomic mass is 10.1. The molecule has 0 saturated carbocycles. The van der Waals surface area contributed by atoms with Crippen LogP contribution >= 0.6 is 11.8 Å². The number of hydrogen-bond donors (Lipinski definition) is 2. The number of aromatic nitrogens is 2. The van der Waals surface area contributed by atoms with Crippen LogP contribution in [0.2, 0.25) is 0 Å². The van der Waals surface area contributed by atoms with Gasteiger partial charge in [0.05, 0.1) is 12.3 Å². The van der Waals surface area contributed by atoms with Crippen LogP contribution in [0, 0.1) is 13.8 Å². The van der Waals surface area contributed by atoms with Crippen molar-refractivity contribution in [3.63, 3.8) is 0 Å². The normalized spacial score (nSPS) is 12.7. The van der Waals surface area contributed by atoms with Gasteiger partial charge in [0.2, 0.25) is 5.91 Å². The molecule has 1 aliphatic heterocycles. The van der Waals surface area contributed by atoms with Gasteiger partial charge in [0.25, 0.3) is 5.91 Å². The van der Waals surface area contributed by atoms with Crippen LogP contribution in [0.1, 0.15) is 32.7 Å². The molecule has 144 valence electrons. The first-order valence-corrected chi connectivity index (χ1v) is 9.95. The van der Waals surface area contributed by atoms with E-state index in [0.29, 0.717) is 24.5 Å². The molecule has 8 heteroatoms. The number of nitrogens with one attached hydrogen (secondary N) is 2. The van der Waals surface area contributed by atoms with E-state index in [1.165, 1.54) is 0 Å². The second-order valence-corrected chi connectivity index (χ2v) is 7.51. The van der Waals surface area contributed by atoms with Crippen molar-refractivity contribution in [1.82, 2.24) is 15.1 Å². The number of fused-ring (bicyclic) bond motifs is 1. The molecule has 0 saturated heterocycles. The summed E-state index contributed by atoms with van der Waals surface area (Å²) < 4.78 is 6.53.